The highest BCUT2D eigenvalue weighted by atomic mass is 16.2. The summed E-state index contributed by atoms with van der Waals surface area (Å²) in [7, 11) is 0. The van der Waals surface area contributed by atoms with Crippen LogP contribution in [0.25, 0.3) is 28.2 Å². The second kappa shape index (κ2) is 8.51. The number of hydrogen-bond acceptors (Lipinski definition) is 5. The molecule has 4 aromatic rings. The molecule has 1 aliphatic rings. The standard InChI is InChI=1S/C25H26N6O/c1-17(26)23-9-5-6-13-30(23)25(32)19-10-12-27-22(15-19)20-16-28-31-14-11-21(29-24(20)31)18-7-3-2-4-8-18/h2-4,7-8,10-12,14-17,23H,5-6,9,13,26H2,1H3/t17-,23?/m0/s1. The molecule has 1 unspecified atom stereocenters. The third-order valence-corrected chi connectivity index (χ3v) is 6.14. The summed E-state index contributed by atoms with van der Waals surface area (Å²) in [5.74, 6) is 0.00468. The fourth-order valence-corrected chi connectivity index (χ4v) is 4.45. The van der Waals surface area contributed by atoms with Gasteiger partial charge in [0.25, 0.3) is 5.91 Å². The number of fused-ring (bicyclic) bond motifs is 1. The van der Waals surface area contributed by atoms with Gasteiger partial charge in [-0.2, -0.15) is 5.10 Å². The summed E-state index contributed by atoms with van der Waals surface area (Å²) in [6.45, 7) is 2.71. The first-order chi connectivity index (χ1) is 15.6. The average Bonchev–Trinajstić information content (AvgIpc) is 3.27. The van der Waals surface area contributed by atoms with Crippen LogP contribution in [-0.4, -0.2) is 49.0 Å². The maximum absolute atomic E-state index is 13.3. The predicted octanol–water partition coefficient (Wildman–Crippen LogP) is 3.80. The Kier molecular flexibility index (Phi) is 5.41. The topological polar surface area (TPSA) is 89.4 Å². The number of nitrogens with zero attached hydrogens (tertiary/aromatic N) is 5. The molecule has 1 aliphatic heterocycles. The lowest BCUT2D eigenvalue weighted by Crippen LogP contribution is -2.51. The summed E-state index contributed by atoms with van der Waals surface area (Å²) in [4.78, 5) is 24.6. The molecule has 162 valence electrons. The molecule has 2 atom stereocenters. The zero-order chi connectivity index (χ0) is 22.1. The van der Waals surface area contributed by atoms with E-state index >= 15 is 0 Å². The van der Waals surface area contributed by atoms with Crippen LogP contribution in [-0.2, 0) is 0 Å². The first kappa shape index (κ1) is 20.3. The van der Waals surface area contributed by atoms with Gasteiger partial charge < -0.3 is 10.6 Å². The number of carbonyl (C=O) groups excluding carboxylic acids is 1. The Labute approximate surface area is 186 Å². The lowest BCUT2D eigenvalue weighted by Gasteiger charge is -2.38. The van der Waals surface area contributed by atoms with Gasteiger partial charge in [0.15, 0.2) is 5.65 Å². The van der Waals surface area contributed by atoms with E-state index in [0.29, 0.717) is 16.9 Å². The zero-order valence-electron chi connectivity index (χ0n) is 18.1. The van der Waals surface area contributed by atoms with Crippen LogP contribution in [0.5, 0.6) is 0 Å². The maximum Gasteiger partial charge on any atom is 0.254 e. The molecule has 5 rings (SSSR count). The van der Waals surface area contributed by atoms with Crippen LogP contribution in [0.3, 0.4) is 0 Å². The van der Waals surface area contributed by atoms with Crippen LogP contribution in [0.1, 0.15) is 36.5 Å². The van der Waals surface area contributed by atoms with E-state index in [9.17, 15) is 4.79 Å². The van der Waals surface area contributed by atoms with Crippen LogP contribution < -0.4 is 5.73 Å². The minimum absolute atomic E-state index is 0.00468. The lowest BCUT2D eigenvalue weighted by atomic mass is 9.96. The number of likely N-dealkylation sites (tertiary alicyclic amines) is 1. The highest BCUT2D eigenvalue weighted by molar-refractivity contribution is 5.96. The monoisotopic (exact) mass is 426 g/mol. The number of piperidine rings is 1. The molecule has 0 spiro atoms. The quantitative estimate of drug-likeness (QED) is 0.536. The minimum atomic E-state index is -0.0548. The largest absolute Gasteiger partial charge is 0.334 e. The smallest absolute Gasteiger partial charge is 0.254 e. The van der Waals surface area contributed by atoms with Crippen molar-refractivity contribution < 1.29 is 4.79 Å². The molecular formula is C25H26N6O. The Bertz CT molecular complexity index is 1250. The van der Waals surface area contributed by atoms with Gasteiger partial charge in [0.1, 0.15) is 0 Å². The Morgan fingerprint density at radius 1 is 1.12 bits per heavy atom. The molecule has 4 heterocycles. The number of amides is 1. The number of nitrogens with two attached hydrogens (primary N) is 1. The van der Waals surface area contributed by atoms with Crippen molar-refractivity contribution in [2.45, 2.75) is 38.3 Å². The van der Waals surface area contributed by atoms with E-state index in [1.54, 1.807) is 23.0 Å². The molecule has 2 N–H and O–H groups in total. The van der Waals surface area contributed by atoms with E-state index in [2.05, 4.69) is 10.1 Å². The molecule has 1 fully saturated rings. The number of aromatic nitrogens is 4. The molecule has 7 nitrogen and oxygen atoms in total. The van der Waals surface area contributed by atoms with E-state index in [-0.39, 0.29) is 18.0 Å². The Morgan fingerprint density at radius 2 is 1.97 bits per heavy atom. The van der Waals surface area contributed by atoms with Crippen molar-refractivity contribution in [1.82, 2.24) is 24.5 Å². The number of hydrogen-bond donors (Lipinski definition) is 1. The molecule has 3 aromatic heterocycles. The third kappa shape index (κ3) is 3.76. The number of benzene rings is 1. The van der Waals surface area contributed by atoms with E-state index in [0.717, 1.165) is 42.6 Å². The van der Waals surface area contributed by atoms with Crippen molar-refractivity contribution in [3.05, 3.63) is 72.7 Å². The molecule has 0 saturated carbocycles. The molecule has 7 heteroatoms. The van der Waals surface area contributed by atoms with E-state index < -0.39 is 0 Å². The van der Waals surface area contributed by atoms with E-state index in [4.69, 9.17) is 10.7 Å². The molecule has 0 radical (unpaired) electrons. The summed E-state index contributed by atoms with van der Waals surface area (Å²) >= 11 is 0. The van der Waals surface area contributed by atoms with Gasteiger partial charge in [0.05, 0.1) is 23.1 Å². The Hall–Kier alpha value is -3.58. The molecule has 0 bridgehead atoms. The highest BCUT2D eigenvalue weighted by Gasteiger charge is 2.30. The maximum atomic E-state index is 13.3. The van der Waals surface area contributed by atoms with Crippen molar-refractivity contribution in [1.29, 1.82) is 0 Å². The SMILES string of the molecule is C[C@H](N)C1CCCCN1C(=O)c1ccnc(-c2cnn3ccc(-c4ccccc4)nc23)c1. The van der Waals surface area contributed by atoms with Crippen LogP contribution in [0.4, 0.5) is 0 Å². The van der Waals surface area contributed by atoms with Gasteiger partial charge in [-0.1, -0.05) is 30.3 Å². The zero-order valence-corrected chi connectivity index (χ0v) is 18.1. The summed E-state index contributed by atoms with van der Waals surface area (Å²) in [5, 5.41) is 4.43. The molecular weight excluding hydrogens is 400 g/mol. The van der Waals surface area contributed by atoms with Crippen LogP contribution in [0.15, 0.2) is 67.1 Å². The summed E-state index contributed by atoms with van der Waals surface area (Å²) in [5.41, 5.74) is 10.9. The second-order valence-corrected chi connectivity index (χ2v) is 8.36. The number of carbonyl (C=O) groups is 1. The average molecular weight is 427 g/mol. The van der Waals surface area contributed by atoms with Crippen LogP contribution >= 0.6 is 0 Å². The van der Waals surface area contributed by atoms with Gasteiger partial charge in [-0.15, -0.1) is 0 Å². The van der Waals surface area contributed by atoms with Gasteiger partial charge in [-0.25, -0.2) is 9.50 Å². The second-order valence-electron chi connectivity index (χ2n) is 8.36. The normalized spacial score (nSPS) is 17.4. The first-order valence-electron chi connectivity index (χ1n) is 11.0. The molecule has 1 amide bonds. The molecule has 0 aliphatic carbocycles. The fraction of sp³-hybridized carbons (Fsp3) is 0.280. The minimum Gasteiger partial charge on any atom is -0.334 e. The summed E-state index contributed by atoms with van der Waals surface area (Å²) < 4.78 is 1.73. The van der Waals surface area contributed by atoms with Crippen LogP contribution in [0, 0.1) is 0 Å². The molecule has 1 aromatic carbocycles. The highest BCUT2D eigenvalue weighted by Crippen LogP contribution is 2.27. The van der Waals surface area contributed by atoms with Crippen molar-refractivity contribution in [3.8, 4) is 22.5 Å². The fourth-order valence-electron chi connectivity index (χ4n) is 4.45. The summed E-state index contributed by atoms with van der Waals surface area (Å²) in [6, 6.07) is 15.6. The van der Waals surface area contributed by atoms with Gasteiger partial charge >= 0.3 is 0 Å². The van der Waals surface area contributed by atoms with Crippen molar-refractivity contribution in [2.75, 3.05) is 6.54 Å². The van der Waals surface area contributed by atoms with Crippen molar-refractivity contribution in [2.24, 2.45) is 5.73 Å². The predicted molar refractivity (Wildman–Crippen MR) is 124 cm³/mol. The number of pyridine rings is 1. The summed E-state index contributed by atoms with van der Waals surface area (Å²) in [6.07, 6.45) is 8.38. The van der Waals surface area contributed by atoms with Gasteiger partial charge in [-0.05, 0) is 44.4 Å². The van der Waals surface area contributed by atoms with Gasteiger partial charge in [0, 0.05) is 42.1 Å². The van der Waals surface area contributed by atoms with Crippen molar-refractivity contribution in [3.63, 3.8) is 0 Å². The Morgan fingerprint density at radius 3 is 2.78 bits per heavy atom. The third-order valence-electron chi connectivity index (χ3n) is 6.14. The number of rotatable bonds is 4. The van der Waals surface area contributed by atoms with Crippen LogP contribution in [0.2, 0.25) is 0 Å². The van der Waals surface area contributed by atoms with E-state index in [1.807, 2.05) is 60.5 Å². The van der Waals surface area contributed by atoms with Crippen molar-refractivity contribution >= 4 is 11.6 Å². The van der Waals surface area contributed by atoms with E-state index in [1.165, 1.54) is 0 Å². The Balaban J connectivity index is 1.51. The van der Waals surface area contributed by atoms with Gasteiger partial charge in [0.2, 0.25) is 0 Å². The van der Waals surface area contributed by atoms with Gasteiger partial charge in [-0.3, -0.25) is 9.78 Å². The first-order valence-corrected chi connectivity index (χ1v) is 11.0. The molecule has 32 heavy (non-hydrogen) atoms. The molecule has 1 saturated heterocycles. The lowest BCUT2D eigenvalue weighted by molar-refractivity contribution is 0.0583.